The molecule has 100 valence electrons. The van der Waals surface area contributed by atoms with Crippen LogP contribution in [0.15, 0.2) is 18.2 Å². The fourth-order valence-electron chi connectivity index (χ4n) is 2.17. The number of nitrogens with one attached hydrogen (secondary N) is 1. The predicted molar refractivity (Wildman–Crippen MR) is 74.0 cm³/mol. The van der Waals surface area contributed by atoms with Crippen molar-refractivity contribution in [1.29, 1.82) is 0 Å². The smallest absolute Gasteiger partial charge is 0.220 e. The Kier molecular flexibility index (Phi) is 5.20. The first-order valence-electron chi connectivity index (χ1n) is 6.34. The highest BCUT2D eigenvalue weighted by Gasteiger charge is 2.19. The molecule has 1 aromatic rings. The zero-order valence-electron chi connectivity index (χ0n) is 11.9. The van der Waals surface area contributed by atoms with Crippen LogP contribution in [0.3, 0.4) is 0 Å². The van der Waals surface area contributed by atoms with Gasteiger partial charge in [-0.05, 0) is 36.0 Å². The summed E-state index contributed by atoms with van der Waals surface area (Å²) >= 11 is 0. The van der Waals surface area contributed by atoms with Gasteiger partial charge >= 0.3 is 0 Å². The van der Waals surface area contributed by atoms with E-state index in [2.05, 4.69) is 31.3 Å². The second-order valence-electron chi connectivity index (χ2n) is 4.96. The average Bonchev–Trinajstić information content (AvgIpc) is 2.35. The topological polar surface area (TPSA) is 38.3 Å². The Morgan fingerprint density at radius 1 is 1.39 bits per heavy atom. The number of amides is 1. The van der Waals surface area contributed by atoms with E-state index in [0.29, 0.717) is 12.3 Å². The fourth-order valence-corrected chi connectivity index (χ4v) is 2.17. The molecule has 0 saturated carbocycles. The Bertz CT molecular complexity index is 413. The summed E-state index contributed by atoms with van der Waals surface area (Å²) in [5, 5.41) is 2.69. The van der Waals surface area contributed by atoms with Crippen molar-refractivity contribution >= 4 is 5.91 Å². The largest absolute Gasteiger partial charge is 0.496 e. The van der Waals surface area contributed by atoms with E-state index in [-0.39, 0.29) is 11.8 Å². The summed E-state index contributed by atoms with van der Waals surface area (Å²) in [7, 11) is 3.35. The molecule has 3 nitrogen and oxygen atoms in total. The summed E-state index contributed by atoms with van der Waals surface area (Å²) in [5.41, 5.74) is 2.31. The molecular weight excluding hydrogens is 226 g/mol. The van der Waals surface area contributed by atoms with Gasteiger partial charge in [-0.15, -0.1) is 0 Å². The molecular formula is C15H23NO2. The van der Waals surface area contributed by atoms with Gasteiger partial charge in [0.2, 0.25) is 5.91 Å². The molecule has 0 spiro atoms. The third-order valence-electron chi connectivity index (χ3n) is 3.34. The van der Waals surface area contributed by atoms with Crippen LogP contribution in [0.2, 0.25) is 0 Å². The van der Waals surface area contributed by atoms with E-state index >= 15 is 0 Å². The normalized spacial score (nSPS) is 12.3. The van der Waals surface area contributed by atoms with Gasteiger partial charge in [-0.1, -0.05) is 26.0 Å². The number of hydrogen-bond acceptors (Lipinski definition) is 2. The quantitative estimate of drug-likeness (QED) is 0.871. The van der Waals surface area contributed by atoms with Gasteiger partial charge < -0.3 is 10.1 Å². The van der Waals surface area contributed by atoms with Gasteiger partial charge in [0, 0.05) is 13.5 Å². The predicted octanol–water partition coefficient (Wildman–Crippen LogP) is 2.88. The molecule has 0 bridgehead atoms. The van der Waals surface area contributed by atoms with Crippen molar-refractivity contribution in [2.75, 3.05) is 14.2 Å². The van der Waals surface area contributed by atoms with Gasteiger partial charge in [-0.3, -0.25) is 4.79 Å². The molecule has 3 heteroatoms. The Labute approximate surface area is 110 Å². The van der Waals surface area contributed by atoms with Gasteiger partial charge in [0.1, 0.15) is 5.75 Å². The number of aryl methyl sites for hydroxylation is 1. The van der Waals surface area contributed by atoms with Gasteiger partial charge in [-0.2, -0.15) is 0 Å². The van der Waals surface area contributed by atoms with Crippen LogP contribution >= 0.6 is 0 Å². The van der Waals surface area contributed by atoms with Crippen molar-refractivity contribution in [2.45, 2.75) is 33.1 Å². The summed E-state index contributed by atoms with van der Waals surface area (Å²) in [4.78, 5) is 11.6. The van der Waals surface area contributed by atoms with Crippen LogP contribution in [0.1, 0.15) is 37.3 Å². The highest BCUT2D eigenvalue weighted by atomic mass is 16.5. The molecule has 1 N–H and O–H groups in total. The first-order chi connectivity index (χ1) is 8.49. The highest BCUT2D eigenvalue weighted by Crippen LogP contribution is 2.31. The van der Waals surface area contributed by atoms with E-state index in [0.717, 1.165) is 11.3 Å². The zero-order chi connectivity index (χ0) is 13.7. The molecule has 0 radical (unpaired) electrons. The summed E-state index contributed by atoms with van der Waals surface area (Å²) in [5.74, 6) is 1.65. The molecule has 1 aromatic carbocycles. The third-order valence-corrected chi connectivity index (χ3v) is 3.34. The minimum absolute atomic E-state index is 0.0853. The molecule has 1 amide bonds. The molecule has 0 aliphatic rings. The number of benzene rings is 1. The first kappa shape index (κ1) is 14.6. The number of methoxy groups -OCH3 is 1. The van der Waals surface area contributed by atoms with Gasteiger partial charge in [0.15, 0.2) is 0 Å². The van der Waals surface area contributed by atoms with E-state index < -0.39 is 0 Å². The molecule has 1 atom stereocenters. The van der Waals surface area contributed by atoms with Crippen molar-refractivity contribution in [3.05, 3.63) is 29.3 Å². The standard InChI is InChI=1S/C15H23NO2/c1-10(2)13(9-15(17)16-4)12-6-7-14(18-5)11(3)8-12/h6-8,10,13H,9H2,1-5H3,(H,16,17). The van der Waals surface area contributed by atoms with Crippen LogP contribution in [0.5, 0.6) is 5.75 Å². The Hall–Kier alpha value is -1.51. The number of carbonyl (C=O) groups excluding carboxylic acids is 1. The summed E-state index contributed by atoms with van der Waals surface area (Å²) in [6.45, 7) is 6.32. The Morgan fingerprint density at radius 3 is 2.50 bits per heavy atom. The summed E-state index contributed by atoms with van der Waals surface area (Å²) in [6, 6.07) is 6.15. The number of carbonyl (C=O) groups is 1. The molecule has 0 fully saturated rings. The second-order valence-corrected chi connectivity index (χ2v) is 4.96. The molecule has 0 aliphatic carbocycles. The van der Waals surface area contributed by atoms with E-state index in [9.17, 15) is 4.79 Å². The van der Waals surface area contributed by atoms with Crippen molar-refractivity contribution in [3.63, 3.8) is 0 Å². The molecule has 0 heterocycles. The fraction of sp³-hybridized carbons (Fsp3) is 0.533. The van der Waals surface area contributed by atoms with Crippen molar-refractivity contribution in [3.8, 4) is 5.75 Å². The molecule has 1 rings (SSSR count). The molecule has 0 aliphatic heterocycles. The van der Waals surface area contributed by atoms with Gasteiger partial charge in [0.25, 0.3) is 0 Å². The SMILES string of the molecule is CNC(=O)CC(c1ccc(OC)c(C)c1)C(C)C. The minimum atomic E-state index is 0.0853. The molecule has 0 saturated heterocycles. The van der Waals surface area contributed by atoms with Crippen molar-refractivity contribution in [2.24, 2.45) is 5.92 Å². The minimum Gasteiger partial charge on any atom is -0.496 e. The molecule has 18 heavy (non-hydrogen) atoms. The number of rotatable bonds is 5. The van der Waals surface area contributed by atoms with Crippen molar-refractivity contribution < 1.29 is 9.53 Å². The highest BCUT2D eigenvalue weighted by molar-refractivity contribution is 5.76. The summed E-state index contributed by atoms with van der Waals surface area (Å²) < 4.78 is 5.26. The first-order valence-corrected chi connectivity index (χ1v) is 6.34. The molecule has 1 unspecified atom stereocenters. The number of ether oxygens (including phenoxy) is 1. The Morgan fingerprint density at radius 2 is 2.06 bits per heavy atom. The molecule has 0 aromatic heterocycles. The monoisotopic (exact) mass is 249 g/mol. The summed E-state index contributed by atoms with van der Waals surface area (Å²) in [6.07, 6.45) is 0.528. The lowest BCUT2D eigenvalue weighted by Crippen LogP contribution is -2.22. The van der Waals surface area contributed by atoms with E-state index in [1.54, 1.807) is 14.2 Å². The number of hydrogen-bond donors (Lipinski definition) is 1. The van der Waals surface area contributed by atoms with Crippen LogP contribution < -0.4 is 10.1 Å². The lowest BCUT2D eigenvalue weighted by molar-refractivity contribution is -0.121. The second kappa shape index (κ2) is 6.43. The van der Waals surface area contributed by atoms with Gasteiger partial charge in [-0.25, -0.2) is 0 Å². The van der Waals surface area contributed by atoms with Crippen molar-refractivity contribution in [1.82, 2.24) is 5.32 Å². The van der Waals surface area contributed by atoms with Crippen LogP contribution in [0.4, 0.5) is 0 Å². The van der Waals surface area contributed by atoms with Crippen LogP contribution in [-0.4, -0.2) is 20.1 Å². The lowest BCUT2D eigenvalue weighted by Gasteiger charge is -2.21. The van der Waals surface area contributed by atoms with Crippen LogP contribution in [0.25, 0.3) is 0 Å². The average molecular weight is 249 g/mol. The van der Waals surface area contributed by atoms with Crippen LogP contribution in [0, 0.1) is 12.8 Å². The third kappa shape index (κ3) is 3.49. The lowest BCUT2D eigenvalue weighted by atomic mass is 9.85. The van der Waals surface area contributed by atoms with E-state index in [1.165, 1.54) is 5.56 Å². The maximum absolute atomic E-state index is 11.6. The maximum atomic E-state index is 11.6. The van der Waals surface area contributed by atoms with Gasteiger partial charge in [0.05, 0.1) is 7.11 Å². The maximum Gasteiger partial charge on any atom is 0.220 e. The van der Waals surface area contributed by atoms with Crippen LogP contribution in [-0.2, 0) is 4.79 Å². The van der Waals surface area contributed by atoms with E-state index in [4.69, 9.17) is 4.74 Å². The van der Waals surface area contributed by atoms with E-state index in [1.807, 2.05) is 13.0 Å². The zero-order valence-corrected chi connectivity index (χ0v) is 11.9. The Balaban J connectivity index is 2.99.